The number of nitrogens with zero attached hydrogens (tertiary/aromatic N) is 3. The van der Waals surface area contributed by atoms with Crippen molar-refractivity contribution in [3.63, 3.8) is 0 Å². The van der Waals surface area contributed by atoms with Crippen molar-refractivity contribution in [1.29, 1.82) is 0 Å². The van der Waals surface area contributed by atoms with Crippen molar-refractivity contribution in [1.82, 2.24) is 14.5 Å². The smallest absolute Gasteiger partial charge is 0.268 e. The van der Waals surface area contributed by atoms with E-state index in [1.807, 2.05) is 0 Å². The Balaban J connectivity index is 1.98. The fourth-order valence-corrected chi connectivity index (χ4v) is 4.90. The van der Waals surface area contributed by atoms with Crippen molar-refractivity contribution in [3.05, 3.63) is 81.0 Å². The second-order valence-corrected chi connectivity index (χ2v) is 10.4. The van der Waals surface area contributed by atoms with Crippen molar-refractivity contribution in [2.24, 2.45) is 0 Å². The Morgan fingerprint density at radius 2 is 1.65 bits per heavy atom. The molecule has 0 spiro atoms. The zero-order valence-corrected chi connectivity index (χ0v) is 19.6. The van der Waals surface area contributed by atoms with Crippen LogP contribution < -0.4 is 5.56 Å². The summed E-state index contributed by atoms with van der Waals surface area (Å²) in [6.45, 7) is 1.42. The molecular weight excluding hydrogens is 514 g/mol. The standard InChI is InChI=1S/C22H14Cl2F3N3O3S/c1-2-34(32,33)19-7-13(12-5-15(23)9-16(24)6-12)10-28-20(19)30-11-29-18-4-3-14(22(25,26)27)8-17(18)21(30)31/h3-11H,2H2,1H3. The summed E-state index contributed by atoms with van der Waals surface area (Å²) < 4.78 is 66.1. The third-order valence-electron chi connectivity index (χ3n) is 5.06. The molecule has 0 radical (unpaired) electrons. The van der Waals surface area contributed by atoms with E-state index in [9.17, 15) is 26.4 Å². The molecule has 4 rings (SSSR count). The average molecular weight is 528 g/mol. The summed E-state index contributed by atoms with van der Waals surface area (Å²) in [6, 6.07) is 8.52. The minimum atomic E-state index is -4.67. The molecule has 0 aliphatic carbocycles. The van der Waals surface area contributed by atoms with Crippen LogP contribution in [0.3, 0.4) is 0 Å². The lowest BCUT2D eigenvalue weighted by Crippen LogP contribution is -2.23. The van der Waals surface area contributed by atoms with Crippen molar-refractivity contribution in [3.8, 4) is 16.9 Å². The molecule has 4 aromatic rings. The molecular formula is C22H14Cl2F3N3O3S. The second-order valence-electron chi connectivity index (χ2n) is 7.26. The van der Waals surface area contributed by atoms with Crippen molar-refractivity contribution in [2.75, 3.05) is 5.75 Å². The van der Waals surface area contributed by atoms with E-state index in [0.717, 1.165) is 23.0 Å². The van der Waals surface area contributed by atoms with E-state index >= 15 is 0 Å². The molecule has 2 aromatic heterocycles. The first-order valence-corrected chi connectivity index (χ1v) is 12.1. The van der Waals surface area contributed by atoms with Gasteiger partial charge in [0.15, 0.2) is 15.7 Å². The van der Waals surface area contributed by atoms with Crippen molar-refractivity contribution >= 4 is 43.9 Å². The monoisotopic (exact) mass is 527 g/mol. The zero-order chi connectivity index (χ0) is 24.8. The highest BCUT2D eigenvalue weighted by Crippen LogP contribution is 2.32. The molecule has 0 bridgehead atoms. The predicted molar refractivity (Wildman–Crippen MR) is 123 cm³/mol. The molecule has 0 aliphatic rings. The summed E-state index contributed by atoms with van der Waals surface area (Å²) in [4.78, 5) is 21.0. The fourth-order valence-electron chi connectivity index (χ4n) is 3.33. The maximum atomic E-state index is 13.2. The number of hydrogen-bond donors (Lipinski definition) is 0. The molecule has 0 saturated heterocycles. The number of fused-ring (bicyclic) bond motifs is 1. The molecule has 0 atom stereocenters. The molecule has 2 aromatic carbocycles. The molecule has 0 N–H and O–H groups in total. The maximum absolute atomic E-state index is 13.2. The van der Waals surface area contributed by atoms with E-state index in [0.29, 0.717) is 27.2 Å². The van der Waals surface area contributed by atoms with Gasteiger partial charge >= 0.3 is 6.18 Å². The lowest BCUT2D eigenvalue weighted by molar-refractivity contribution is -0.137. The SMILES string of the molecule is CCS(=O)(=O)c1cc(-c2cc(Cl)cc(Cl)c2)cnc1-n1cnc2ccc(C(F)(F)F)cc2c1=O. The fraction of sp³-hybridized carbons (Fsp3) is 0.136. The quantitative estimate of drug-likeness (QED) is 0.346. The van der Waals surface area contributed by atoms with Gasteiger partial charge in [-0.3, -0.25) is 4.79 Å². The van der Waals surface area contributed by atoms with Crippen LogP contribution >= 0.6 is 23.2 Å². The topological polar surface area (TPSA) is 81.9 Å². The van der Waals surface area contributed by atoms with Gasteiger partial charge < -0.3 is 0 Å². The van der Waals surface area contributed by atoms with E-state index in [2.05, 4.69) is 9.97 Å². The summed E-state index contributed by atoms with van der Waals surface area (Å²) in [6.07, 6.45) is -2.32. The number of pyridine rings is 1. The van der Waals surface area contributed by atoms with Gasteiger partial charge in [-0.05, 0) is 48.0 Å². The van der Waals surface area contributed by atoms with E-state index < -0.39 is 27.1 Å². The summed E-state index contributed by atoms with van der Waals surface area (Å²) in [5.74, 6) is -0.592. The van der Waals surface area contributed by atoms with Crippen LogP contribution in [-0.2, 0) is 16.0 Å². The molecule has 176 valence electrons. The summed E-state index contributed by atoms with van der Waals surface area (Å²) >= 11 is 12.1. The van der Waals surface area contributed by atoms with E-state index in [1.165, 1.54) is 25.3 Å². The van der Waals surface area contributed by atoms with E-state index in [1.54, 1.807) is 12.1 Å². The van der Waals surface area contributed by atoms with Crippen LogP contribution in [0.1, 0.15) is 12.5 Å². The van der Waals surface area contributed by atoms with Crippen molar-refractivity contribution in [2.45, 2.75) is 18.0 Å². The van der Waals surface area contributed by atoms with Gasteiger partial charge in [0.2, 0.25) is 0 Å². The predicted octanol–water partition coefficient (Wildman–Crippen LogP) is 5.57. The molecule has 34 heavy (non-hydrogen) atoms. The zero-order valence-electron chi connectivity index (χ0n) is 17.3. The van der Waals surface area contributed by atoms with Crippen LogP contribution in [0.4, 0.5) is 13.2 Å². The summed E-state index contributed by atoms with van der Waals surface area (Å²) in [5, 5.41) is 0.313. The Hall–Kier alpha value is -2.95. The molecule has 0 fully saturated rings. The number of hydrogen-bond acceptors (Lipinski definition) is 5. The number of benzene rings is 2. The van der Waals surface area contributed by atoms with Gasteiger partial charge in [-0.15, -0.1) is 0 Å². The Kier molecular flexibility index (Phi) is 6.17. The van der Waals surface area contributed by atoms with E-state index in [4.69, 9.17) is 23.2 Å². The van der Waals surface area contributed by atoms with Gasteiger partial charge in [0, 0.05) is 21.8 Å². The molecule has 2 heterocycles. The normalized spacial score (nSPS) is 12.3. The van der Waals surface area contributed by atoms with Crippen LogP contribution in [0, 0.1) is 0 Å². The summed E-state index contributed by atoms with van der Waals surface area (Å²) in [5.41, 5.74) is -1.04. The highest BCUT2D eigenvalue weighted by atomic mass is 35.5. The molecule has 6 nitrogen and oxygen atoms in total. The Morgan fingerprint density at radius 3 is 2.26 bits per heavy atom. The first-order valence-electron chi connectivity index (χ1n) is 9.69. The van der Waals surface area contributed by atoms with Gasteiger partial charge in [0.25, 0.3) is 5.56 Å². The van der Waals surface area contributed by atoms with Crippen molar-refractivity contribution < 1.29 is 21.6 Å². The van der Waals surface area contributed by atoms with E-state index in [-0.39, 0.29) is 27.4 Å². The lowest BCUT2D eigenvalue weighted by Gasteiger charge is -2.14. The molecule has 0 unspecified atom stereocenters. The van der Waals surface area contributed by atoms with Gasteiger partial charge in [-0.25, -0.2) is 23.0 Å². The minimum Gasteiger partial charge on any atom is -0.268 e. The Labute approximate surface area is 201 Å². The van der Waals surface area contributed by atoms with Gasteiger partial charge in [0.1, 0.15) is 11.2 Å². The van der Waals surface area contributed by atoms with Crippen LogP contribution in [0.2, 0.25) is 10.0 Å². The second kappa shape index (κ2) is 8.68. The first kappa shape index (κ1) is 24.2. The third-order valence-corrected chi connectivity index (χ3v) is 7.22. The lowest BCUT2D eigenvalue weighted by atomic mass is 10.1. The highest BCUT2D eigenvalue weighted by Gasteiger charge is 2.31. The number of rotatable bonds is 4. The molecule has 0 amide bonds. The average Bonchev–Trinajstić information content (AvgIpc) is 2.77. The van der Waals surface area contributed by atoms with Crippen LogP contribution in [0.5, 0.6) is 0 Å². The largest absolute Gasteiger partial charge is 0.416 e. The number of halogens is 5. The van der Waals surface area contributed by atoms with Crippen LogP contribution in [-0.4, -0.2) is 28.7 Å². The molecule has 0 aliphatic heterocycles. The Morgan fingerprint density at radius 1 is 0.971 bits per heavy atom. The number of alkyl halides is 3. The number of sulfone groups is 1. The molecule has 0 saturated carbocycles. The van der Waals surface area contributed by atoms with Crippen LogP contribution in [0.25, 0.3) is 27.8 Å². The third kappa shape index (κ3) is 4.53. The number of aromatic nitrogens is 3. The summed E-state index contributed by atoms with van der Waals surface area (Å²) in [7, 11) is -3.93. The van der Waals surface area contributed by atoms with Crippen LogP contribution in [0.15, 0.2) is 64.7 Å². The maximum Gasteiger partial charge on any atom is 0.416 e. The first-order chi connectivity index (χ1) is 15.9. The van der Waals surface area contributed by atoms with Gasteiger partial charge in [-0.1, -0.05) is 30.1 Å². The minimum absolute atomic E-state index is 0.0272. The Bertz CT molecular complexity index is 1580. The van der Waals surface area contributed by atoms with Gasteiger partial charge in [0.05, 0.1) is 22.2 Å². The molecule has 12 heteroatoms. The highest BCUT2D eigenvalue weighted by molar-refractivity contribution is 7.91. The van der Waals surface area contributed by atoms with Gasteiger partial charge in [-0.2, -0.15) is 13.2 Å².